The molecular formula is C16H18Cl2N2S. The molecule has 0 saturated carbocycles. The Kier molecular flexibility index (Phi) is 4.87. The van der Waals surface area contributed by atoms with Gasteiger partial charge in [0.15, 0.2) is 0 Å². The van der Waals surface area contributed by atoms with Gasteiger partial charge in [-0.25, -0.2) is 0 Å². The van der Waals surface area contributed by atoms with Gasteiger partial charge < -0.3 is 5.73 Å². The lowest BCUT2D eigenvalue weighted by Crippen LogP contribution is -2.45. The highest BCUT2D eigenvalue weighted by molar-refractivity contribution is 7.10. The zero-order valence-corrected chi connectivity index (χ0v) is 14.0. The molecule has 0 spiro atoms. The predicted octanol–water partition coefficient (Wildman–Crippen LogP) is 4.37. The van der Waals surface area contributed by atoms with Gasteiger partial charge in [0.25, 0.3) is 0 Å². The molecule has 0 amide bonds. The maximum Gasteiger partial charge on any atom is 0.0595 e. The molecule has 1 saturated heterocycles. The van der Waals surface area contributed by atoms with E-state index in [1.807, 2.05) is 29.5 Å². The third kappa shape index (κ3) is 3.79. The number of likely N-dealkylation sites (tertiary alicyclic amines) is 1. The number of piperidine rings is 1. The van der Waals surface area contributed by atoms with Crippen LogP contribution < -0.4 is 5.73 Å². The first-order chi connectivity index (χ1) is 10.1. The lowest BCUT2D eigenvalue weighted by molar-refractivity contribution is 0.182. The van der Waals surface area contributed by atoms with Gasteiger partial charge >= 0.3 is 0 Å². The summed E-state index contributed by atoms with van der Waals surface area (Å²) in [5.41, 5.74) is 7.43. The minimum Gasteiger partial charge on any atom is -0.327 e. The SMILES string of the molecule is NC1CC(c2cccs2)CN(Cc2ccc(Cl)c(Cl)c2)C1. The summed E-state index contributed by atoms with van der Waals surface area (Å²) in [5, 5.41) is 3.36. The predicted molar refractivity (Wildman–Crippen MR) is 91.4 cm³/mol. The van der Waals surface area contributed by atoms with Crippen LogP contribution in [-0.4, -0.2) is 24.0 Å². The van der Waals surface area contributed by atoms with Crippen molar-refractivity contribution < 1.29 is 0 Å². The zero-order chi connectivity index (χ0) is 14.8. The maximum absolute atomic E-state index is 6.25. The van der Waals surface area contributed by atoms with Crippen molar-refractivity contribution in [1.29, 1.82) is 0 Å². The third-order valence-electron chi connectivity index (χ3n) is 3.89. The second-order valence-electron chi connectivity index (χ2n) is 5.65. The van der Waals surface area contributed by atoms with Crippen LogP contribution in [0.3, 0.4) is 0 Å². The summed E-state index contributed by atoms with van der Waals surface area (Å²) in [5.74, 6) is 0.538. The van der Waals surface area contributed by atoms with E-state index in [-0.39, 0.29) is 6.04 Å². The molecule has 1 aliphatic rings. The number of thiophene rings is 1. The van der Waals surface area contributed by atoms with Gasteiger partial charge in [0.05, 0.1) is 10.0 Å². The smallest absolute Gasteiger partial charge is 0.0595 e. The van der Waals surface area contributed by atoms with Crippen LogP contribution in [0.1, 0.15) is 22.8 Å². The number of hydrogen-bond acceptors (Lipinski definition) is 3. The van der Waals surface area contributed by atoms with Crippen molar-refractivity contribution in [1.82, 2.24) is 4.90 Å². The first kappa shape index (κ1) is 15.3. The fraction of sp³-hybridized carbons (Fsp3) is 0.375. The van der Waals surface area contributed by atoms with Crippen LogP contribution in [0.15, 0.2) is 35.7 Å². The Morgan fingerprint density at radius 3 is 2.76 bits per heavy atom. The van der Waals surface area contributed by atoms with Crippen LogP contribution >= 0.6 is 34.5 Å². The van der Waals surface area contributed by atoms with Crippen molar-refractivity contribution in [2.75, 3.05) is 13.1 Å². The van der Waals surface area contributed by atoms with Gasteiger partial charge in [0, 0.05) is 36.5 Å². The highest BCUT2D eigenvalue weighted by atomic mass is 35.5. The first-order valence-corrected chi connectivity index (χ1v) is 8.70. The van der Waals surface area contributed by atoms with Crippen molar-refractivity contribution in [3.8, 4) is 0 Å². The van der Waals surface area contributed by atoms with E-state index in [2.05, 4.69) is 22.4 Å². The summed E-state index contributed by atoms with van der Waals surface area (Å²) in [6, 6.07) is 10.4. The largest absolute Gasteiger partial charge is 0.327 e. The highest BCUT2D eigenvalue weighted by Crippen LogP contribution is 2.31. The highest BCUT2D eigenvalue weighted by Gasteiger charge is 2.26. The van der Waals surface area contributed by atoms with E-state index < -0.39 is 0 Å². The summed E-state index contributed by atoms with van der Waals surface area (Å²) in [6.07, 6.45) is 1.07. The fourth-order valence-electron chi connectivity index (χ4n) is 2.99. The quantitative estimate of drug-likeness (QED) is 0.898. The lowest BCUT2D eigenvalue weighted by Gasteiger charge is -2.36. The Morgan fingerprint density at radius 2 is 2.05 bits per heavy atom. The summed E-state index contributed by atoms with van der Waals surface area (Å²) >= 11 is 13.9. The molecular weight excluding hydrogens is 323 g/mol. The van der Waals surface area contributed by atoms with Crippen molar-refractivity contribution in [2.45, 2.75) is 24.9 Å². The molecule has 2 heterocycles. The summed E-state index contributed by atoms with van der Waals surface area (Å²) in [4.78, 5) is 3.85. The summed E-state index contributed by atoms with van der Waals surface area (Å²) < 4.78 is 0. The molecule has 1 aromatic carbocycles. The number of hydrogen-bond donors (Lipinski definition) is 1. The molecule has 0 bridgehead atoms. The van der Waals surface area contributed by atoms with Gasteiger partial charge in [-0.3, -0.25) is 4.90 Å². The van der Waals surface area contributed by atoms with Crippen LogP contribution in [0.5, 0.6) is 0 Å². The molecule has 1 fully saturated rings. The van der Waals surface area contributed by atoms with Crippen LogP contribution in [-0.2, 0) is 6.54 Å². The van der Waals surface area contributed by atoms with Crippen molar-refractivity contribution in [2.24, 2.45) is 5.73 Å². The Labute approximate surface area is 139 Å². The lowest BCUT2D eigenvalue weighted by atomic mass is 9.93. The Balaban J connectivity index is 1.71. The normalized spacial score (nSPS) is 23.4. The minimum atomic E-state index is 0.230. The topological polar surface area (TPSA) is 29.3 Å². The monoisotopic (exact) mass is 340 g/mol. The van der Waals surface area contributed by atoms with Crippen molar-refractivity contribution >= 4 is 34.5 Å². The molecule has 1 aromatic heterocycles. The van der Waals surface area contributed by atoms with Gasteiger partial charge in [-0.2, -0.15) is 0 Å². The molecule has 3 rings (SSSR count). The number of halogens is 2. The molecule has 21 heavy (non-hydrogen) atoms. The van der Waals surface area contributed by atoms with Crippen LogP contribution in [0.25, 0.3) is 0 Å². The molecule has 2 N–H and O–H groups in total. The Bertz CT molecular complexity index is 600. The molecule has 1 aliphatic heterocycles. The molecule has 5 heteroatoms. The molecule has 2 aromatic rings. The van der Waals surface area contributed by atoms with Crippen molar-refractivity contribution in [3.63, 3.8) is 0 Å². The van der Waals surface area contributed by atoms with E-state index in [0.717, 1.165) is 26.1 Å². The Hall–Kier alpha value is -0.580. The second kappa shape index (κ2) is 6.67. The average molecular weight is 341 g/mol. The first-order valence-electron chi connectivity index (χ1n) is 7.07. The van der Waals surface area contributed by atoms with E-state index in [0.29, 0.717) is 16.0 Å². The summed E-state index contributed by atoms with van der Waals surface area (Å²) in [7, 11) is 0. The molecule has 2 nitrogen and oxygen atoms in total. The fourth-order valence-corrected chi connectivity index (χ4v) is 4.14. The summed E-state index contributed by atoms with van der Waals surface area (Å²) in [6.45, 7) is 2.85. The van der Waals surface area contributed by atoms with Gasteiger partial charge in [0.1, 0.15) is 0 Å². The van der Waals surface area contributed by atoms with Crippen LogP contribution in [0, 0.1) is 0 Å². The molecule has 112 valence electrons. The standard InChI is InChI=1S/C16H18Cl2N2S/c17-14-4-3-11(6-15(14)18)8-20-9-12(7-13(19)10-20)16-2-1-5-21-16/h1-6,12-13H,7-10,19H2. The van der Waals surface area contributed by atoms with Crippen LogP contribution in [0.2, 0.25) is 10.0 Å². The number of rotatable bonds is 3. The number of benzene rings is 1. The van der Waals surface area contributed by atoms with E-state index in [9.17, 15) is 0 Å². The average Bonchev–Trinajstić information content (AvgIpc) is 2.96. The Morgan fingerprint density at radius 1 is 1.19 bits per heavy atom. The van der Waals surface area contributed by atoms with Crippen LogP contribution in [0.4, 0.5) is 0 Å². The van der Waals surface area contributed by atoms with E-state index in [1.165, 1.54) is 10.4 Å². The number of nitrogens with two attached hydrogens (primary N) is 1. The van der Waals surface area contributed by atoms with Gasteiger partial charge in [-0.1, -0.05) is 35.3 Å². The second-order valence-corrected chi connectivity index (χ2v) is 7.44. The minimum absolute atomic E-state index is 0.230. The molecule has 2 unspecified atom stereocenters. The maximum atomic E-state index is 6.25. The van der Waals surface area contributed by atoms with Crippen molar-refractivity contribution in [3.05, 3.63) is 56.2 Å². The van der Waals surface area contributed by atoms with Gasteiger partial charge in [0.2, 0.25) is 0 Å². The van der Waals surface area contributed by atoms with E-state index in [4.69, 9.17) is 28.9 Å². The van der Waals surface area contributed by atoms with E-state index in [1.54, 1.807) is 0 Å². The molecule has 0 aliphatic carbocycles. The van der Waals surface area contributed by atoms with Gasteiger partial charge in [-0.15, -0.1) is 11.3 Å². The zero-order valence-electron chi connectivity index (χ0n) is 11.6. The van der Waals surface area contributed by atoms with Gasteiger partial charge in [-0.05, 0) is 35.6 Å². The van der Waals surface area contributed by atoms with E-state index >= 15 is 0 Å². The number of nitrogens with zero attached hydrogens (tertiary/aromatic N) is 1. The third-order valence-corrected chi connectivity index (χ3v) is 5.67. The molecule has 2 atom stereocenters. The molecule has 0 radical (unpaired) electrons.